The molecule has 2 aromatic rings. The van der Waals surface area contributed by atoms with Crippen molar-refractivity contribution in [2.75, 3.05) is 11.5 Å². The van der Waals surface area contributed by atoms with Crippen LogP contribution in [0.2, 0.25) is 0 Å². The van der Waals surface area contributed by atoms with Gasteiger partial charge in [-0.1, -0.05) is 42.5 Å². The Hall–Kier alpha value is -2.47. The highest BCUT2D eigenvalue weighted by Gasteiger charge is 2.25. The third-order valence-corrected chi connectivity index (χ3v) is 6.63. The topological polar surface area (TPSA) is 59.5 Å². The molecule has 0 saturated carbocycles. The minimum absolute atomic E-state index is 0.227. The molecule has 0 unspecified atom stereocenters. The van der Waals surface area contributed by atoms with Gasteiger partial charge in [-0.15, -0.1) is 11.3 Å². The third kappa shape index (κ3) is 5.12. The lowest BCUT2D eigenvalue weighted by atomic mass is 10.0. The molecule has 1 amide bonds. The molecule has 0 spiro atoms. The lowest BCUT2D eigenvalue weighted by Crippen LogP contribution is -2.34. The van der Waals surface area contributed by atoms with Crippen molar-refractivity contribution in [3.63, 3.8) is 0 Å². The summed E-state index contributed by atoms with van der Waals surface area (Å²) in [6, 6.07) is 9.86. The van der Waals surface area contributed by atoms with Gasteiger partial charge in [-0.3, -0.25) is 14.5 Å². The molecule has 5 nitrogen and oxygen atoms in total. The first kappa shape index (κ1) is 19.8. The summed E-state index contributed by atoms with van der Waals surface area (Å²) >= 11 is 1.60. The van der Waals surface area contributed by atoms with Gasteiger partial charge in [0.25, 0.3) is 5.91 Å². The number of anilines is 1. The van der Waals surface area contributed by atoms with E-state index in [4.69, 9.17) is 9.72 Å². The molecule has 1 atom stereocenters. The second-order valence-electron chi connectivity index (χ2n) is 7.67. The molecule has 0 bridgehead atoms. The van der Waals surface area contributed by atoms with Crippen LogP contribution < -0.4 is 4.90 Å². The predicted octanol–water partition coefficient (Wildman–Crippen LogP) is 4.45. The van der Waals surface area contributed by atoms with E-state index in [1.54, 1.807) is 16.2 Å². The fraction of sp³-hybridized carbons (Fsp3) is 0.435. The number of fused-ring (bicyclic) bond motifs is 1. The van der Waals surface area contributed by atoms with Crippen LogP contribution in [0.4, 0.5) is 5.13 Å². The SMILES string of the molecule is O=C(C[C@H]1C=CCC1)OCC(=O)N(Cc1ccccc1)c1nc2c(s1)CCCC2. The van der Waals surface area contributed by atoms with Crippen LogP contribution in [0.25, 0.3) is 0 Å². The maximum atomic E-state index is 13.0. The minimum atomic E-state index is -0.312. The van der Waals surface area contributed by atoms with E-state index in [0.717, 1.165) is 43.4 Å². The highest BCUT2D eigenvalue weighted by molar-refractivity contribution is 7.15. The summed E-state index contributed by atoms with van der Waals surface area (Å²) in [7, 11) is 0. The van der Waals surface area contributed by atoms with Crippen LogP contribution in [-0.2, 0) is 33.7 Å². The lowest BCUT2D eigenvalue weighted by molar-refractivity contribution is -0.148. The second kappa shape index (κ2) is 9.35. The Kier molecular flexibility index (Phi) is 6.39. The van der Waals surface area contributed by atoms with E-state index in [-0.39, 0.29) is 24.4 Å². The van der Waals surface area contributed by atoms with Gasteiger partial charge >= 0.3 is 5.97 Å². The summed E-state index contributed by atoms with van der Waals surface area (Å²) in [5, 5.41) is 0.709. The van der Waals surface area contributed by atoms with Gasteiger partial charge in [-0.2, -0.15) is 0 Å². The molecule has 1 aromatic heterocycles. The van der Waals surface area contributed by atoms with Gasteiger partial charge in [-0.25, -0.2) is 4.98 Å². The fourth-order valence-electron chi connectivity index (χ4n) is 3.84. The number of ether oxygens (including phenoxy) is 1. The number of aryl methyl sites for hydroxylation is 2. The van der Waals surface area contributed by atoms with E-state index in [0.29, 0.717) is 18.1 Å². The minimum Gasteiger partial charge on any atom is -0.456 e. The molecule has 1 heterocycles. The molecule has 0 aliphatic heterocycles. The molecule has 1 aromatic carbocycles. The van der Waals surface area contributed by atoms with E-state index < -0.39 is 0 Å². The van der Waals surface area contributed by atoms with Crippen LogP contribution >= 0.6 is 11.3 Å². The maximum Gasteiger partial charge on any atom is 0.306 e. The summed E-state index contributed by atoms with van der Waals surface area (Å²) < 4.78 is 5.32. The number of amides is 1. The Morgan fingerprint density at radius 3 is 2.76 bits per heavy atom. The third-order valence-electron chi connectivity index (χ3n) is 5.45. The molecule has 0 fully saturated rings. The van der Waals surface area contributed by atoms with Gasteiger partial charge in [0.1, 0.15) is 0 Å². The summed E-state index contributed by atoms with van der Waals surface area (Å²) in [4.78, 5) is 32.8. The first-order chi connectivity index (χ1) is 14.2. The molecule has 0 saturated heterocycles. The number of carbonyl (C=O) groups excluding carboxylic acids is 2. The van der Waals surface area contributed by atoms with Crippen molar-refractivity contribution in [1.82, 2.24) is 4.98 Å². The average Bonchev–Trinajstić information content (AvgIpc) is 3.40. The molecular weight excluding hydrogens is 384 g/mol. The summed E-state index contributed by atoms with van der Waals surface area (Å²) in [6.07, 6.45) is 10.8. The van der Waals surface area contributed by atoms with Gasteiger partial charge in [0, 0.05) is 4.88 Å². The van der Waals surface area contributed by atoms with Crippen molar-refractivity contribution in [3.8, 4) is 0 Å². The zero-order chi connectivity index (χ0) is 20.1. The first-order valence-corrected chi connectivity index (χ1v) is 11.2. The molecular formula is C23H26N2O3S. The van der Waals surface area contributed by atoms with Crippen molar-refractivity contribution in [2.24, 2.45) is 5.92 Å². The normalized spacial score (nSPS) is 17.7. The lowest BCUT2D eigenvalue weighted by Gasteiger charge is -2.20. The highest BCUT2D eigenvalue weighted by atomic mass is 32.1. The monoisotopic (exact) mass is 410 g/mol. The van der Waals surface area contributed by atoms with Crippen LogP contribution in [0.3, 0.4) is 0 Å². The van der Waals surface area contributed by atoms with Crippen molar-refractivity contribution in [3.05, 3.63) is 58.6 Å². The van der Waals surface area contributed by atoms with Gasteiger partial charge in [0.15, 0.2) is 11.7 Å². The number of hydrogen-bond donors (Lipinski definition) is 0. The van der Waals surface area contributed by atoms with Crippen LogP contribution in [0.15, 0.2) is 42.5 Å². The molecule has 0 radical (unpaired) electrons. The van der Waals surface area contributed by atoms with E-state index in [2.05, 4.69) is 12.2 Å². The van der Waals surface area contributed by atoms with Crippen molar-refractivity contribution >= 4 is 28.3 Å². The first-order valence-electron chi connectivity index (χ1n) is 10.3. The van der Waals surface area contributed by atoms with Gasteiger partial charge in [0.2, 0.25) is 0 Å². The molecule has 2 aliphatic rings. The zero-order valence-corrected chi connectivity index (χ0v) is 17.3. The smallest absolute Gasteiger partial charge is 0.306 e. The van der Waals surface area contributed by atoms with Gasteiger partial charge in [0.05, 0.1) is 18.7 Å². The van der Waals surface area contributed by atoms with Gasteiger partial charge < -0.3 is 4.74 Å². The number of allylic oxidation sites excluding steroid dienone is 2. The number of esters is 1. The zero-order valence-electron chi connectivity index (χ0n) is 16.5. The van der Waals surface area contributed by atoms with Crippen LogP contribution in [0.1, 0.15) is 48.2 Å². The Morgan fingerprint density at radius 2 is 2.00 bits per heavy atom. The number of benzene rings is 1. The van der Waals surface area contributed by atoms with Crippen LogP contribution in [0, 0.1) is 5.92 Å². The van der Waals surface area contributed by atoms with E-state index in [1.165, 1.54) is 11.3 Å². The van der Waals surface area contributed by atoms with Gasteiger partial charge in [-0.05, 0) is 50.0 Å². The Bertz CT molecular complexity index is 867. The van der Waals surface area contributed by atoms with Crippen molar-refractivity contribution in [2.45, 2.75) is 51.5 Å². The van der Waals surface area contributed by atoms with Crippen LogP contribution in [0.5, 0.6) is 0 Å². The maximum absolute atomic E-state index is 13.0. The molecule has 2 aliphatic carbocycles. The van der Waals surface area contributed by atoms with Crippen molar-refractivity contribution < 1.29 is 14.3 Å². The molecule has 4 rings (SSSR count). The fourth-order valence-corrected chi connectivity index (χ4v) is 5.01. The average molecular weight is 411 g/mol. The number of carbonyl (C=O) groups is 2. The Balaban J connectivity index is 1.45. The molecule has 152 valence electrons. The summed E-state index contributed by atoms with van der Waals surface area (Å²) in [5.74, 6) is -0.299. The molecule has 6 heteroatoms. The van der Waals surface area contributed by atoms with Crippen LogP contribution in [-0.4, -0.2) is 23.5 Å². The number of aromatic nitrogens is 1. The molecule has 0 N–H and O–H groups in total. The number of nitrogens with zero attached hydrogens (tertiary/aromatic N) is 2. The van der Waals surface area contributed by atoms with E-state index in [9.17, 15) is 9.59 Å². The standard InChI is InChI=1S/C23H26N2O3S/c26-21(16-28-22(27)14-17-8-4-5-9-17)25(15-18-10-2-1-3-11-18)23-24-19-12-6-7-13-20(19)29-23/h1-4,8,10-11,17H,5-7,9,12-16H2/t17-/m0/s1. The Morgan fingerprint density at radius 1 is 1.17 bits per heavy atom. The highest BCUT2D eigenvalue weighted by Crippen LogP contribution is 2.32. The quantitative estimate of drug-likeness (QED) is 0.500. The number of rotatable bonds is 7. The predicted molar refractivity (Wildman–Crippen MR) is 114 cm³/mol. The Labute approximate surface area is 175 Å². The number of hydrogen-bond acceptors (Lipinski definition) is 5. The number of thiazole rings is 1. The second-order valence-corrected chi connectivity index (χ2v) is 8.73. The van der Waals surface area contributed by atoms with E-state index in [1.807, 2.05) is 30.3 Å². The van der Waals surface area contributed by atoms with Crippen molar-refractivity contribution in [1.29, 1.82) is 0 Å². The van der Waals surface area contributed by atoms with E-state index >= 15 is 0 Å². The summed E-state index contributed by atoms with van der Waals surface area (Å²) in [5.41, 5.74) is 2.14. The largest absolute Gasteiger partial charge is 0.456 e. The molecule has 29 heavy (non-hydrogen) atoms. The summed E-state index contributed by atoms with van der Waals surface area (Å²) in [6.45, 7) is 0.182.